The average Bonchev–Trinajstić information content (AvgIpc) is 2.34. The van der Waals surface area contributed by atoms with Gasteiger partial charge in [0.2, 0.25) is 0 Å². The van der Waals surface area contributed by atoms with Crippen molar-refractivity contribution < 1.29 is 8.42 Å². The Morgan fingerprint density at radius 1 is 1.21 bits per heavy atom. The molecule has 0 spiro atoms. The van der Waals surface area contributed by atoms with E-state index in [1.165, 1.54) is 19.3 Å². The smallest absolute Gasteiger partial charge is 0.178 e. The summed E-state index contributed by atoms with van der Waals surface area (Å²) in [6, 6.07) is 7.14. The Morgan fingerprint density at radius 3 is 2.32 bits per heavy atom. The van der Waals surface area contributed by atoms with Crippen molar-refractivity contribution in [2.75, 3.05) is 17.6 Å². The van der Waals surface area contributed by atoms with Gasteiger partial charge in [0, 0.05) is 12.2 Å². The maximum atomic E-state index is 11.9. The molecule has 0 saturated heterocycles. The molecule has 1 aromatic carbocycles. The normalized spacial score (nSPS) is 17.8. The minimum absolute atomic E-state index is 0.220. The lowest BCUT2D eigenvalue weighted by Crippen LogP contribution is -2.33. The number of anilines is 1. The van der Waals surface area contributed by atoms with Gasteiger partial charge in [0.25, 0.3) is 0 Å². The van der Waals surface area contributed by atoms with Gasteiger partial charge in [-0.1, -0.05) is 20.3 Å². The van der Waals surface area contributed by atoms with Gasteiger partial charge in [-0.05, 0) is 48.9 Å². The Labute approximate surface area is 116 Å². The third-order valence-corrected chi connectivity index (χ3v) is 5.90. The minimum Gasteiger partial charge on any atom is -0.384 e. The van der Waals surface area contributed by atoms with Gasteiger partial charge in [-0.2, -0.15) is 0 Å². The maximum Gasteiger partial charge on any atom is 0.178 e. The first-order valence-electron chi connectivity index (χ1n) is 7.02. The highest BCUT2D eigenvalue weighted by Crippen LogP contribution is 2.40. The van der Waals surface area contributed by atoms with Crippen molar-refractivity contribution in [2.45, 2.75) is 44.4 Å². The van der Waals surface area contributed by atoms with Gasteiger partial charge < -0.3 is 5.32 Å². The topological polar surface area (TPSA) is 46.2 Å². The molecule has 2 rings (SSSR count). The first-order chi connectivity index (χ1) is 8.95. The van der Waals surface area contributed by atoms with Crippen molar-refractivity contribution >= 4 is 15.5 Å². The predicted molar refractivity (Wildman–Crippen MR) is 79.2 cm³/mol. The second-order valence-corrected chi connectivity index (χ2v) is 7.97. The fourth-order valence-corrected chi connectivity index (χ4v) is 3.76. The van der Waals surface area contributed by atoms with Crippen LogP contribution in [0.5, 0.6) is 0 Å². The van der Waals surface area contributed by atoms with Crippen molar-refractivity contribution in [1.29, 1.82) is 0 Å². The minimum atomic E-state index is -3.09. The van der Waals surface area contributed by atoms with Gasteiger partial charge >= 0.3 is 0 Å². The van der Waals surface area contributed by atoms with Gasteiger partial charge in [0.1, 0.15) is 0 Å². The van der Waals surface area contributed by atoms with Crippen LogP contribution in [0.25, 0.3) is 0 Å². The van der Waals surface area contributed by atoms with E-state index in [9.17, 15) is 8.42 Å². The fourth-order valence-electron chi connectivity index (χ4n) is 2.44. The van der Waals surface area contributed by atoms with Crippen LogP contribution >= 0.6 is 0 Å². The second kappa shape index (κ2) is 5.53. The summed E-state index contributed by atoms with van der Waals surface area (Å²) in [4.78, 5) is 0.426. The Morgan fingerprint density at radius 2 is 1.84 bits per heavy atom. The van der Waals surface area contributed by atoms with E-state index in [1.807, 2.05) is 19.1 Å². The van der Waals surface area contributed by atoms with Crippen LogP contribution in [0.2, 0.25) is 0 Å². The zero-order valence-electron chi connectivity index (χ0n) is 11.8. The predicted octanol–water partition coefficient (Wildman–Crippen LogP) is 3.47. The van der Waals surface area contributed by atoms with Gasteiger partial charge in [-0.3, -0.25) is 0 Å². The van der Waals surface area contributed by atoms with Crippen molar-refractivity contribution in [1.82, 2.24) is 0 Å². The van der Waals surface area contributed by atoms with Crippen LogP contribution in [-0.4, -0.2) is 20.7 Å². The van der Waals surface area contributed by atoms with E-state index in [0.29, 0.717) is 16.7 Å². The molecule has 1 saturated carbocycles. The summed E-state index contributed by atoms with van der Waals surface area (Å²) >= 11 is 0. The molecule has 0 aliphatic heterocycles. The lowest BCUT2D eigenvalue weighted by atomic mass is 9.70. The van der Waals surface area contributed by atoms with Crippen LogP contribution in [0.3, 0.4) is 0 Å². The lowest BCUT2D eigenvalue weighted by molar-refractivity contribution is 0.180. The molecule has 0 unspecified atom stereocenters. The number of benzene rings is 1. The highest BCUT2D eigenvalue weighted by atomic mass is 32.2. The highest BCUT2D eigenvalue weighted by Gasteiger charge is 2.31. The van der Waals surface area contributed by atoms with Crippen LogP contribution in [0.1, 0.15) is 39.5 Å². The van der Waals surface area contributed by atoms with Gasteiger partial charge in [0.05, 0.1) is 10.6 Å². The Balaban J connectivity index is 1.98. The van der Waals surface area contributed by atoms with Crippen molar-refractivity contribution in [3.8, 4) is 0 Å². The Bertz CT molecular complexity index is 516. The van der Waals surface area contributed by atoms with E-state index in [2.05, 4.69) is 12.2 Å². The average molecular weight is 281 g/mol. The van der Waals surface area contributed by atoms with Gasteiger partial charge in [-0.15, -0.1) is 0 Å². The quantitative estimate of drug-likeness (QED) is 0.868. The molecule has 1 aromatic rings. The van der Waals surface area contributed by atoms with Crippen LogP contribution in [0.4, 0.5) is 5.69 Å². The largest absolute Gasteiger partial charge is 0.384 e. The molecule has 0 bridgehead atoms. The van der Waals surface area contributed by atoms with E-state index in [4.69, 9.17) is 0 Å². The van der Waals surface area contributed by atoms with E-state index < -0.39 is 9.84 Å². The molecule has 1 fully saturated rings. The molecule has 3 nitrogen and oxygen atoms in total. The molecule has 106 valence electrons. The van der Waals surface area contributed by atoms with Gasteiger partial charge in [-0.25, -0.2) is 8.42 Å². The molecule has 0 aromatic heterocycles. The SMILES string of the molecule is CCCS(=O)(=O)c1ccc(NCC2(C)CCC2)cc1. The van der Waals surface area contributed by atoms with E-state index in [-0.39, 0.29) is 5.75 Å². The molecular formula is C15H23NO2S. The van der Waals surface area contributed by atoms with Crippen LogP contribution in [-0.2, 0) is 9.84 Å². The summed E-state index contributed by atoms with van der Waals surface area (Å²) in [7, 11) is -3.09. The standard InChI is InChI=1S/C15H23NO2S/c1-3-11-19(17,18)14-7-5-13(6-8-14)16-12-15(2)9-4-10-15/h5-8,16H,3-4,9-12H2,1-2H3. The lowest BCUT2D eigenvalue weighted by Gasteiger charge is -2.38. The monoisotopic (exact) mass is 281 g/mol. The summed E-state index contributed by atoms with van der Waals surface area (Å²) in [6.45, 7) is 5.14. The zero-order valence-corrected chi connectivity index (χ0v) is 12.6. The number of sulfone groups is 1. The van der Waals surface area contributed by atoms with E-state index >= 15 is 0 Å². The zero-order chi connectivity index (χ0) is 13.9. The summed E-state index contributed by atoms with van der Waals surface area (Å²) in [6.07, 6.45) is 4.54. The molecule has 0 heterocycles. The molecule has 1 aliphatic rings. The van der Waals surface area contributed by atoms with Crippen LogP contribution < -0.4 is 5.32 Å². The third kappa shape index (κ3) is 3.50. The van der Waals surface area contributed by atoms with Crippen molar-refractivity contribution in [3.05, 3.63) is 24.3 Å². The van der Waals surface area contributed by atoms with Gasteiger partial charge in [0.15, 0.2) is 9.84 Å². The molecule has 1 aliphatic carbocycles. The van der Waals surface area contributed by atoms with Crippen LogP contribution in [0, 0.1) is 5.41 Å². The fraction of sp³-hybridized carbons (Fsp3) is 0.600. The molecular weight excluding hydrogens is 258 g/mol. The van der Waals surface area contributed by atoms with E-state index in [1.54, 1.807) is 12.1 Å². The maximum absolute atomic E-state index is 11.9. The molecule has 0 radical (unpaired) electrons. The molecule has 0 amide bonds. The Kier molecular flexibility index (Phi) is 4.19. The first-order valence-corrected chi connectivity index (χ1v) is 8.67. The number of hydrogen-bond donors (Lipinski definition) is 1. The molecule has 0 atom stereocenters. The molecule has 4 heteroatoms. The molecule has 1 N–H and O–H groups in total. The number of rotatable bonds is 6. The third-order valence-electron chi connectivity index (χ3n) is 3.97. The summed E-state index contributed by atoms with van der Waals surface area (Å²) < 4.78 is 23.8. The number of nitrogens with one attached hydrogen (secondary N) is 1. The second-order valence-electron chi connectivity index (χ2n) is 5.86. The summed E-state index contributed by atoms with van der Waals surface area (Å²) in [5.41, 5.74) is 1.43. The van der Waals surface area contributed by atoms with Crippen LogP contribution in [0.15, 0.2) is 29.2 Å². The van der Waals surface area contributed by atoms with Crippen molar-refractivity contribution in [3.63, 3.8) is 0 Å². The highest BCUT2D eigenvalue weighted by molar-refractivity contribution is 7.91. The summed E-state index contributed by atoms with van der Waals surface area (Å²) in [5.74, 6) is 0.220. The Hall–Kier alpha value is -1.03. The first kappa shape index (κ1) is 14.4. The molecule has 19 heavy (non-hydrogen) atoms. The van der Waals surface area contributed by atoms with E-state index in [0.717, 1.165) is 12.2 Å². The summed E-state index contributed by atoms with van der Waals surface area (Å²) in [5, 5.41) is 3.40. The van der Waals surface area contributed by atoms with Crippen molar-refractivity contribution in [2.24, 2.45) is 5.41 Å². The number of hydrogen-bond acceptors (Lipinski definition) is 3.